The highest BCUT2D eigenvalue weighted by atomic mass is 16.7. The number of carbonyl (C=O) groups is 1. The van der Waals surface area contributed by atoms with Gasteiger partial charge in [0.05, 0.1) is 17.7 Å². The van der Waals surface area contributed by atoms with Crippen LogP contribution >= 0.6 is 0 Å². The zero-order valence-corrected chi connectivity index (χ0v) is 10.2. The Labute approximate surface area is 105 Å². The smallest absolute Gasteiger partial charge is 0.192 e. The van der Waals surface area contributed by atoms with Crippen molar-refractivity contribution in [3.05, 3.63) is 35.4 Å². The molecule has 0 radical (unpaired) electrons. The molecule has 4 atom stereocenters. The Morgan fingerprint density at radius 3 is 2.94 bits per heavy atom. The zero-order chi connectivity index (χ0) is 12.5. The second kappa shape index (κ2) is 3.01. The maximum atomic E-state index is 12.2. The van der Waals surface area contributed by atoms with Crippen molar-refractivity contribution in [2.45, 2.75) is 31.7 Å². The fourth-order valence-electron chi connectivity index (χ4n) is 3.56. The van der Waals surface area contributed by atoms with Crippen LogP contribution in [0.1, 0.15) is 31.1 Å². The third-order valence-electron chi connectivity index (χ3n) is 4.35. The van der Waals surface area contributed by atoms with Crippen LogP contribution in [0, 0.1) is 5.92 Å². The van der Waals surface area contributed by atoms with E-state index in [0.29, 0.717) is 0 Å². The first kappa shape index (κ1) is 10.3. The highest BCUT2D eigenvalue weighted by Crippen LogP contribution is 2.60. The standard InChI is InChI=1S/C14H13NO3/c1-7-11-12-9-5-3-4-6-10(9)14(17-12,8(2)16)13(11)18-15-7/h3-6,11-13H,1-2H3/t11-,12-,13-,14+/m1/s1. The first-order valence-corrected chi connectivity index (χ1v) is 6.15. The Hall–Kier alpha value is -1.68. The SMILES string of the molecule is CC(=O)[C@]12O[C@H](c3ccccc31)[C@H]1C(C)=NO[C@H]12. The van der Waals surface area contributed by atoms with E-state index in [-0.39, 0.29) is 23.9 Å². The number of rotatable bonds is 1. The minimum absolute atomic E-state index is 0.00477. The zero-order valence-electron chi connectivity index (χ0n) is 10.2. The summed E-state index contributed by atoms with van der Waals surface area (Å²) in [5, 5.41) is 4.06. The van der Waals surface area contributed by atoms with E-state index in [2.05, 4.69) is 5.16 Å². The molecule has 1 aromatic carbocycles. The van der Waals surface area contributed by atoms with E-state index in [1.165, 1.54) is 0 Å². The summed E-state index contributed by atoms with van der Waals surface area (Å²) in [4.78, 5) is 17.7. The quantitative estimate of drug-likeness (QED) is 0.757. The van der Waals surface area contributed by atoms with Crippen molar-refractivity contribution < 1.29 is 14.4 Å². The van der Waals surface area contributed by atoms with Gasteiger partial charge >= 0.3 is 0 Å². The van der Waals surface area contributed by atoms with Crippen LogP contribution in [-0.4, -0.2) is 17.6 Å². The lowest BCUT2D eigenvalue weighted by atomic mass is 9.72. The lowest BCUT2D eigenvalue weighted by molar-refractivity contribution is -0.151. The molecule has 3 aliphatic heterocycles. The van der Waals surface area contributed by atoms with Crippen molar-refractivity contribution >= 4 is 11.5 Å². The molecule has 3 aliphatic rings. The molecule has 0 N–H and O–H groups in total. The van der Waals surface area contributed by atoms with Crippen molar-refractivity contribution in [2.75, 3.05) is 0 Å². The van der Waals surface area contributed by atoms with E-state index in [4.69, 9.17) is 9.57 Å². The molecule has 0 aliphatic carbocycles. The summed E-state index contributed by atoms with van der Waals surface area (Å²) in [6.45, 7) is 3.50. The Morgan fingerprint density at radius 2 is 2.17 bits per heavy atom. The van der Waals surface area contributed by atoms with Gasteiger partial charge in [0.1, 0.15) is 0 Å². The molecule has 4 heteroatoms. The fraction of sp³-hybridized carbons (Fsp3) is 0.429. The summed E-state index contributed by atoms with van der Waals surface area (Å²) >= 11 is 0. The minimum atomic E-state index is -0.951. The predicted octanol–water partition coefficient (Wildman–Crippen LogP) is 1.95. The van der Waals surface area contributed by atoms with Gasteiger partial charge in [0.15, 0.2) is 17.5 Å². The third kappa shape index (κ3) is 0.894. The molecular weight excluding hydrogens is 230 g/mol. The largest absolute Gasteiger partial charge is 0.388 e. The Kier molecular flexibility index (Phi) is 1.71. The van der Waals surface area contributed by atoms with E-state index >= 15 is 0 Å². The van der Waals surface area contributed by atoms with Gasteiger partial charge in [0.2, 0.25) is 0 Å². The highest BCUT2D eigenvalue weighted by Gasteiger charge is 2.69. The number of oxime groups is 1. The first-order valence-electron chi connectivity index (χ1n) is 6.15. The molecule has 1 fully saturated rings. The van der Waals surface area contributed by atoms with Gasteiger partial charge in [-0.05, 0) is 19.4 Å². The number of carbonyl (C=O) groups excluding carboxylic acids is 1. The summed E-state index contributed by atoms with van der Waals surface area (Å²) in [5.41, 5.74) is 2.03. The van der Waals surface area contributed by atoms with E-state index < -0.39 is 5.60 Å². The molecule has 4 nitrogen and oxygen atoms in total. The van der Waals surface area contributed by atoms with Crippen LogP contribution < -0.4 is 0 Å². The van der Waals surface area contributed by atoms with Gasteiger partial charge in [0, 0.05) is 5.56 Å². The van der Waals surface area contributed by atoms with Gasteiger partial charge in [-0.3, -0.25) is 4.79 Å². The predicted molar refractivity (Wildman–Crippen MR) is 64.1 cm³/mol. The van der Waals surface area contributed by atoms with Crippen molar-refractivity contribution in [1.29, 1.82) is 0 Å². The lowest BCUT2D eigenvalue weighted by Gasteiger charge is -2.30. The summed E-state index contributed by atoms with van der Waals surface area (Å²) in [5.74, 6) is 0.0682. The molecule has 0 aromatic heterocycles. The van der Waals surface area contributed by atoms with E-state index in [1.807, 2.05) is 31.2 Å². The molecule has 0 amide bonds. The normalized spacial score (nSPS) is 39.0. The molecule has 92 valence electrons. The van der Waals surface area contributed by atoms with Crippen LogP contribution in [0.3, 0.4) is 0 Å². The van der Waals surface area contributed by atoms with Crippen molar-refractivity contribution in [3.8, 4) is 0 Å². The molecule has 3 heterocycles. The molecule has 0 spiro atoms. The van der Waals surface area contributed by atoms with Gasteiger partial charge in [-0.2, -0.15) is 0 Å². The first-order chi connectivity index (χ1) is 8.66. The minimum Gasteiger partial charge on any atom is -0.388 e. The number of nitrogens with zero attached hydrogens (tertiary/aromatic N) is 1. The van der Waals surface area contributed by atoms with Crippen LogP contribution in [0.15, 0.2) is 29.4 Å². The number of hydrogen-bond acceptors (Lipinski definition) is 4. The number of Topliss-reactive ketones (excluding diaryl/α,β-unsaturated/α-hetero) is 1. The maximum absolute atomic E-state index is 12.2. The van der Waals surface area contributed by atoms with Gasteiger partial charge in [-0.1, -0.05) is 29.4 Å². The summed E-state index contributed by atoms with van der Waals surface area (Å²) in [6, 6.07) is 7.91. The second-order valence-electron chi connectivity index (χ2n) is 5.20. The van der Waals surface area contributed by atoms with Crippen LogP contribution in [0.25, 0.3) is 0 Å². The van der Waals surface area contributed by atoms with Gasteiger partial charge in [-0.25, -0.2) is 0 Å². The number of hydrogen-bond donors (Lipinski definition) is 0. The second-order valence-corrected chi connectivity index (χ2v) is 5.20. The third-order valence-corrected chi connectivity index (χ3v) is 4.35. The molecule has 0 saturated carbocycles. The van der Waals surface area contributed by atoms with E-state index in [1.54, 1.807) is 6.92 Å². The van der Waals surface area contributed by atoms with Crippen LogP contribution in [0.4, 0.5) is 0 Å². The molecule has 18 heavy (non-hydrogen) atoms. The lowest BCUT2D eigenvalue weighted by Crippen LogP contribution is -2.45. The number of fused-ring (bicyclic) bond motifs is 8. The fourth-order valence-corrected chi connectivity index (χ4v) is 3.56. The number of benzene rings is 1. The molecule has 2 bridgehead atoms. The highest BCUT2D eigenvalue weighted by molar-refractivity contribution is 5.95. The summed E-state index contributed by atoms with van der Waals surface area (Å²) in [6.07, 6.45) is -0.392. The average Bonchev–Trinajstić information content (AvgIpc) is 2.99. The Bertz CT molecular complexity index is 594. The molecule has 4 rings (SSSR count). The molecule has 0 unspecified atom stereocenters. The number of ketones is 1. The van der Waals surface area contributed by atoms with Crippen LogP contribution in [0.2, 0.25) is 0 Å². The van der Waals surface area contributed by atoms with Crippen molar-refractivity contribution in [1.82, 2.24) is 0 Å². The van der Waals surface area contributed by atoms with Gasteiger partial charge < -0.3 is 9.57 Å². The molecule has 1 aromatic rings. The van der Waals surface area contributed by atoms with Crippen LogP contribution in [-0.2, 0) is 20.0 Å². The van der Waals surface area contributed by atoms with Gasteiger partial charge in [-0.15, -0.1) is 0 Å². The Morgan fingerprint density at radius 1 is 1.39 bits per heavy atom. The van der Waals surface area contributed by atoms with Gasteiger partial charge in [0.25, 0.3) is 0 Å². The maximum Gasteiger partial charge on any atom is 0.192 e. The summed E-state index contributed by atoms with van der Waals surface area (Å²) in [7, 11) is 0. The van der Waals surface area contributed by atoms with Crippen molar-refractivity contribution in [3.63, 3.8) is 0 Å². The van der Waals surface area contributed by atoms with Crippen molar-refractivity contribution in [2.24, 2.45) is 11.1 Å². The topological polar surface area (TPSA) is 47.9 Å². The average molecular weight is 243 g/mol. The van der Waals surface area contributed by atoms with Crippen LogP contribution in [0.5, 0.6) is 0 Å². The van der Waals surface area contributed by atoms with E-state index in [0.717, 1.165) is 16.8 Å². The monoisotopic (exact) mass is 243 g/mol. The molecule has 1 saturated heterocycles. The van der Waals surface area contributed by atoms with E-state index in [9.17, 15) is 4.79 Å². The number of ether oxygens (including phenoxy) is 1. The molecular formula is C14H13NO3. The Balaban J connectivity index is 1.99. The summed E-state index contributed by atoms with van der Waals surface area (Å²) < 4.78 is 6.07.